The van der Waals surface area contributed by atoms with Crippen LogP contribution in [0, 0.1) is 3.57 Å². The standard InChI is InChI=1S/C12H12INO2/c1-3-7-14(9(2)16)11-6-4-5-10(8-15)12(11)13/h3-6,8H,1,7H2,2H3. The molecule has 1 amide bonds. The molecule has 0 heterocycles. The number of halogens is 1. The van der Waals surface area contributed by atoms with Crippen molar-refractivity contribution in [1.82, 2.24) is 0 Å². The van der Waals surface area contributed by atoms with Crippen LogP contribution in [0.4, 0.5) is 5.69 Å². The van der Waals surface area contributed by atoms with Crippen molar-refractivity contribution in [3.63, 3.8) is 0 Å². The third-order valence-electron chi connectivity index (χ3n) is 2.12. The fraction of sp³-hybridized carbons (Fsp3) is 0.167. The van der Waals surface area contributed by atoms with E-state index in [2.05, 4.69) is 29.2 Å². The second-order valence-electron chi connectivity index (χ2n) is 3.22. The molecule has 16 heavy (non-hydrogen) atoms. The highest BCUT2D eigenvalue weighted by Crippen LogP contribution is 2.25. The van der Waals surface area contributed by atoms with E-state index in [1.165, 1.54) is 6.92 Å². The first-order valence-electron chi connectivity index (χ1n) is 4.74. The Morgan fingerprint density at radius 1 is 1.56 bits per heavy atom. The molecule has 0 bridgehead atoms. The van der Waals surface area contributed by atoms with Crippen LogP contribution in [-0.2, 0) is 4.79 Å². The zero-order valence-corrected chi connectivity index (χ0v) is 11.1. The SMILES string of the molecule is C=CCN(C(C)=O)c1cccc(C=O)c1I. The molecular weight excluding hydrogens is 317 g/mol. The lowest BCUT2D eigenvalue weighted by molar-refractivity contribution is -0.116. The molecule has 0 radical (unpaired) electrons. The van der Waals surface area contributed by atoms with Gasteiger partial charge < -0.3 is 4.90 Å². The van der Waals surface area contributed by atoms with Crippen molar-refractivity contribution in [2.75, 3.05) is 11.4 Å². The molecule has 0 saturated carbocycles. The first-order valence-corrected chi connectivity index (χ1v) is 5.82. The number of nitrogens with zero attached hydrogens (tertiary/aromatic N) is 1. The van der Waals surface area contributed by atoms with Crippen LogP contribution in [-0.4, -0.2) is 18.7 Å². The Bertz CT molecular complexity index is 429. The van der Waals surface area contributed by atoms with E-state index in [4.69, 9.17) is 0 Å². The summed E-state index contributed by atoms with van der Waals surface area (Å²) in [7, 11) is 0. The van der Waals surface area contributed by atoms with Gasteiger partial charge in [-0.05, 0) is 28.7 Å². The summed E-state index contributed by atoms with van der Waals surface area (Å²) in [5.74, 6) is -0.0686. The Morgan fingerprint density at radius 3 is 2.75 bits per heavy atom. The van der Waals surface area contributed by atoms with Gasteiger partial charge in [-0.3, -0.25) is 9.59 Å². The zero-order chi connectivity index (χ0) is 12.1. The van der Waals surface area contributed by atoms with Crippen molar-refractivity contribution in [2.45, 2.75) is 6.92 Å². The van der Waals surface area contributed by atoms with Crippen molar-refractivity contribution >= 4 is 40.5 Å². The van der Waals surface area contributed by atoms with E-state index in [9.17, 15) is 9.59 Å². The van der Waals surface area contributed by atoms with E-state index in [-0.39, 0.29) is 5.91 Å². The maximum absolute atomic E-state index is 11.5. The van der Waals surface area contributed by atoms with E-state index < -0.39 is 0 Å². The summed E-state index contributed by atoms with van der Waals surface area (Å²) in [6.45, 7) is 5.55. The maximum atomic E-state index is 11.5. The van der Waals surface area contributed by atoms with E-state index in [0.717, 1.165) is 15.5 Å². The van der Waals surface area contributed by atoms with E-state index >= 15 is 0 Å². The Hall–Kier alpha value is -1.17. The van der Waals surface area contributed by atoms with E-state index in [1.54, 1.807) is 23.1 Å². The average molecular weight is 329 g/mol. The van der Waals surface area contributed by atoms with Crippen LogP contribution in [0.1, 0.15) is 17.3 Å². The first-order chi connectivity index (χ1) is 7.61. The van der Waals surface area contributed by atoms with Crippen molar-refractivity contribution in [3.8, 4) is 0 Å². The Labute approximate surface area is 108 Å². The first kappa shape index (κ1) is 12.9. The van der Waals surface area contributed by atoms with Crippen LogP contribution in [0.5, 0.6) is 0 Å². The summed E-state index contributed by atoms with van der Waals surface area (Å²) >= 11 is 2.07. The second kappa shape index (κ2) is 5.79. The lowest BCUT2D eigenvalue weighted by Crippen LogP contribution is -2.29. The van der Waals surface area contributed by atoms with Crippen molar-refractivity contribution < 1.29 is 9.59 Å². The van der Waals surface area contributed by atoms with Gasteiger partial charge in [-0.1, -0.05) is 18.2 Å². The number of carbonyl (C=O) groups excluding carboxylic acids is 2. The van der Waals surface area contributed by atoms with Crippen molar-refractivity contribution in [1.29, 1.82) is 0 Å². The largest absolute Gasteiger partial charge is 0.308 e. The van der Waals surface area contributed by atoms with Crippen LogP contribution >= 0.6 is 22.6 Å². The summed E-state index contributed by atoms with van der Waals surface area (Å²) in [4.78, 5) is 23.9. The minimum absolute atomic E-state index is 0.0686. The molecule has 0 spiro atoms. The molecular formula is C12H12INO2. The highest BCUT2D eigenvalue weighted by Gasteiger charge is 2.14. The number of aldehydes is 1. The van der Waals surface area contributed by atoms with Gasteiger partial charge in [0.05, 0.1) is 5.69 Å². The summed E-state index contributed by atoms with van der Waals surface area (Å²) in [5.41, 5.74) is 1.34. The van der Waals surface area contributed by atoms with Gasteiger partial charge in [0.15, 0.2) is 6.29 Å². The lowest BCUT2D eigenvalue weighted by Gasteiger charge is -2.21. The lowest BCUT2D eigenvalue weighted by atomic mass is 10.2. The predicted molar refractivity (Wildman–Crippen MR) is 72.8 cm³/mol. The third kappa shape index (κ3) is 2.69. The van der Waals surface area contributed by atoms with Gasteiger partial charge in [-0.15, -0.1) is 6.58 Å². The number of carbonyl (C=O) groups is 2. The fourth-order valence-electron chi connectivity index (χ4n) is 1.36. The van der Waals surface area contributed by atoms with Crippen LogP contribution < -0.4 is 4.90 Å². The van der Waals surface area contributed by atoms with Gasteiger partial charge in [-0.25, -0.2) is 0 Å². The van der Waals surface area contributed by atoms with Gasteiger partial charge in [-0.2, -0.15) is 0 Å². The van der Waals surface area contributed by atoms with Gasteiger partial charge in [0.25, 0.3) is 0 Å². The molecule has 0 saturated heterocycles. The molecule has 0 N–H and O–H groups in total. The molecule has 0 aliphatic rings. The number of anilines is 1. The zero-order valence-electron chi connectivity index (χ0n) is 8.94. The summed E-state index contributed by atoms with van der Waals surface area (Å²) < 4.78 is 0.784. The van der Waals surface area contributed by atoms with E-state index in [0.29, 0.717) is 12.1 Å². The van der Waals surface area contributed by atoms with Gasteiger partial charge >= 0.3 is 0 Å². The highest BCUT2D eigenvalue weighted by atomic mass is 127. The molecule has 0 unspecified atom stereocenters. The smallest absolute Gasteiger partial charge is 0.224 e. The van der Waals surface area contributed by atoms with Crippen LogP contribution in [0.15, 0.2) is 30.9 Å². The van der Waals surface area contributed by atoms with E-state index in [1.807, 2.05) is 6.07 Å². The maximum Gasteiger partial charge on any atom is 0.224 e. The van der Waals surface area contributed by atoms with Gasteiger partial charge in [0, 0.05) is 22.6 Å². The van der Waals surface area contributed by atoms with Crippen LogP contribution in [0.3, 0.4) is 0 Å². The molecule has 84 valence electrons. The molecule has 1 rings (SSSR count). The quantitative estimate of drug-likeness (QED) is 0.484. The van der Waals surface area contributed by atoms with Crippen molar-refractivity contribution in [3.05, 3.63) is 40.0 Å². The van der Waals surface area contributed by atoms with Gasteiger partial charge in [0.2, 0.25) is 5.91 Å². The number of hydrogen-bond donors (Lipinski definition) is 0. The molecule has 1 aromatic carbocycles. The van der Waals surface area contributed by atoms with Crippen LogP contribution in [0.25, 0.3) is 0 Å². The number of rotatable bonds is 4. The summed E-state index contributed by atoms with van der Waals surface area (Å²) in [6, 6.07) is 5.31. The predicted octanol–water partition coefficient (Wildman–Crippen LogP) is 2.64. The summed E-state index contributed by atoms with van der Waals surface area (Å²) in [6.07, 6.45) is 2.45. The molecule has 3 nitrogen and oxygen atoms in total. The second-order valence-corrected chi connectivity index (χ2v) is 4.30. The third-order valence-corrected chi connectivity index (χ3v) is 3.29. The summed E-state index contributed by atoms with van der Waals surface area (Å²) in [5, 5.41) is 0. The normalized spacial score (nSPS) is 9.62. The molecule has 0 aromatic heterocycles. The number of amides is 1. The number of benzene rings is 1. The average Bonchev–Trinajstić information content (AvgIpc) is 2.26. The topological polar surface area (TPSA) is 37.4 Å². The monoisotopic (exact) mass is 329 g/mol. The Balaban J connectivity index is 3.23. The minimum Gasteiger partial charge on any atom is -0.308 e. The Kier molecular flexibility index (Phi) is 4.67. The molecule has 0 aliphatic heterocycles. The van der Waals surface area contributed by atoms with Crippen molar-refractivity contribution in [2.24, 2.45) is 0 Å². The van der Waals surface area contributed by atoms with Gasteiger partial charge in [0.1, 0.15) is 0 Å². The molecule has 0 fully saturated rings. The molecule has 0 aliphatic carbocycles. The highest BCUT2D eigenvalue weighted by molar-refractivity contribution is 14.1. The molecule has 4 heteroatoms. The molecule has 0 atom stereocenters. The fourth-order valence-corrected chi connectivity index (χ4v) is 2.14. The minimum atomic E-state index is -0.0686. The Morgan fingerprint density at radius 2 is 2.25 bits per heavy atom. The van der Waals surface area contributed by atoms with Crippen LogP contribution in [0.2, 0.25) is 0 Å². The molecule has 1 aromatic rings. The number of hydrogen-bond acceptors (Lipinski definition) is 2.